The van der Waals surface area contributed by atoms with Gasteiger partial charge in [-0.2, -0.15) is 0 Å². The lowest BCUT2D eigenvalue weighted by Crippen LogP contribution is -2.29. The molecular formula is C12H20N2O3S. The van der Waals surface area contributed by atoms with Gasteiger partial charge in [-0.25, -0.2) is 13.6 Å². The minimum absolute atomic E-state index is 0.0843. The molecule has 1 rings (SSSR count). The molecule has 2 atom stereocenters. The Kier molecular flexibility index (Phi) is 5.28. The molecule has 0 aliphatic rings. The second-order valence-electron chi connectivity index (χ2n) is 4.42. The van der Waals surface area contributed by atoms with Crippen molar-refractivity contribution in [3.05, 3.63) is 29.8 Å². The van der Waals surface area contributed by atoms with E-state index in [1.807, 2.05) is 13.8 Å². The minimum Gasteiger partial charge on any atom is -0.396 e. The zero-order valence-electron chi connectivity index (χ0n) is 10.6. The lowest BCUT2D eigenvalue weighted by molar-refractivity contribution is 0.264. The first kappa shape index (κ1) is 15.1. The zero-order chi connectivity index (χ0) is 13.8. The van der Waals surface area contributed by atoms with Crippen molar-refractivity contribution in [1.29, 1.82) is 0 Å². The third-order valence-corrected chi connectivity index (χ3v) is 3.73. The van der Waals surface area contributed by atoms with Gasteiger partial charge >= 0.3 is 0 Å². The second-order valence-corrected chi connectivity index (χ2v) is 5.98. The number of primary sulfonamides is 1. The highest BCUT2D eigenvalue weighted by atomic mass is 32.2. The van der Waals surface area contributed by atoms with Crippen LogP contribution in [0.25, 0.3) is 0 Å². The van der Waals surface area contributed by atoms with E-state index >= 15 is 0 Å². The Morgan fingerprint density at radius 1 is 1.28 bits per heavy atom. The number of hydrogen-bond acceptors (Lipinski definition) is 4. The maximum absolute atomic E-state index is 11.1. The van der Waals surface area contributed by atoms with Gasteiger partial charge in [0.2, 0.25) is 10.0 Å². The van der Waals surface area contributed by atoms with Crippen LogP contribution in [0.15, 0.2) is 29.2 Å². The van der Waals surface area contributed by atoms with Crippen molar-refractivity contribution in [1.82, 2.24) is 5.32 Å². The molecule has 0 heterocycles. The van der Waals surface area contributed by atoms with Crippen LogP contribution in [0.5, 0.6) is 0 Å². The first-order valence-electron chi connectivity index (χ1n) is 5.84. The van der Waals surface area contributed by atoms with Gasteiger partial charge in [0.25, 0.3) is 0 Å². The van der Waals surface area contributed by atoms with Gasteiger partial charge < -0.3 is 10.4 Å². The summed E-state index contributed by atoms with van der Waals surface area (Å²) >= 11 is 0. The summed E-state index contributed by atoms with van der Waals surface area (Å²) in [6.45, 7) is 4.12. The maximum Gasteiger partial charge on any atom is 0.238 e. The predicted octanol–water partition coefficient (Wildman–Crippen LogP) is 0.756. The van der Waals surface area contributed by atoms with Crippen molar-refractivity contribution < 1.29 is 13.5 Å². The van der Waals surface area contributed by atoms with Crippen LogP contribution in [0.3, 0.4) is 0 Å². The zero-order valence-corrected chi connectivity index (χ0v) is 11.4. The van der Waals surface area contributed by atoms with Crippen molar-refractivity contribution in [2.45, 2.75) is 37.2 Å². The lowest BCUT2D eigenvalue weighted by atomic mass is 10.1. The molecule has 6 heteroatoms. The molecule has 0 radical (unpaired) electrons. The SMILES string of the molecule is CC(CCO)NC(C)c1ccc(S(N)(=O)=O)cc1. The summed E-state index contributed by atoms with van der Waals surface area (Å²) in [6, 6.07) is 6.76. The molecule has 0 saturated carbocycles. The average molecular weight is 272 g/mol. The summed E-state index contributed by atoms with van der Waals surface area (Å²) in [5, 5.41) is 17.2. The molecule has 2 unspecified atom stereocenters. The Hall–Kier alpha value is -0.950. The van der Waals surface area contributed by atoms with Gasteiger partial charge in [0.15, 0.2) is 0 Å². The Morgan fingerprint density at radius 3 is 2.28 bits per heavy atom. The fourth-order valence-electron chi connectivity index (χ4n) is 1.75. The Morgan fingerprint density at radius 2 is 1.83 bits per heavy atom. The number of sulfonamides is 1. The Labute approximate surface area is 108 Å². The number of aliphatic hydroxyl groups is 1. The van der Waals surface area contributed by atoms with E-state index in [0.717, 1.165) is 5.56 Å². The van der Waals surface area contributed by atoms with Gasteiger partial charge in [0.1, 0.15) is 0 Å². The molecule has 0 aromatic heterocycles. The highest BCUT2D eigenvalue weighted by molar-refractivity contribution is 7.89. The van der Waals surface area contributed by atoms with Crippen molar-refractivity contribution in [3.8, 4) is 0 Å². The molecule has 1 aromatic carbocycles. The van der Waals surface area contributed by atoms with E-state index in [1.54, 1.807) is 12.1 Å². The number of rotatable bonds is 6. The van der Waals surface area contributed by atoms with E-state index in [-0.39, 0.29) is 23.6 Å². The molecule has 0 spiro atoms. The van der Waals surface area contributed by atoms with Gasteiger partial charge in [-0.1, -0.05) is 12.1 Å². The quantitative estimate of drug-likeness (QED) is 0.712. The molecule has 0 aliphatic heterocycles. The van der Waals surface area contributed by atoms with Crippen molar-refractivity contribution in [2.75, 3.05) is 6.61 Å². The molecule has 0 amide bonds. The Bertz CT molecular complexity index is 471. The largest absolute Gasteiger partial charge is 0.396 e. The molecule has 0 bridgehead atoms. The third kappa shape index (κ3) is 4.38. The molecule has 0 aliphatic carbocycles. The van der Waals surface area contributed by atoms with Crippen LogP contribution in [0.1, 0.15) is 31.9 Å². The third-order valence-electron chi connectivity index (χ3n) is 2.81. The van der Waals surface area contributed by atoms with Crippen LogP contribution in [-0.2, 0) is 10.0 Å². The summed E-state index contributed by atoms with van der Waals surface area (Å²) in [5.74, 6) is 0. The number of nitrogens with two attached hydrogens (primary N) is 1. The van der Waals surface area contributed by atoms with Crippen molar-refractivity contribution in [2.24, 2.45) is 5.14 Å². The highest BCUT2D eigenvalue weighted by Crippen LogP contribution is 2.16. The number of hydrogen-bond donors (Lipinski definition) is 3. The van der Waals surface area contributed by atoms with E-state index in [1.165, 1.54) is 12.1 Å². The van der Waals surface area contributed by atoms with E-state index in [0.29, 0.717) is 6.42 Å². The maximum atomic E-state index is 11.1. The standard InChI is InChI=1S/C12H20N2O3S/c1-9(7-8-15)14-10(2)11-3-5-12(6-4-11)18(13,16)17/h3-6,9-10,14-15H,7-8H2,1-2H3,(H2,13,16,17). The predicted molar refractivity (Wildman–Crippen MR) is 70.5 cm³/mol. The minimum atomic E-state index is -3.63. The van der Waals surface area contributed by atoms with Gasteiger partial charge in [-0.3, -0.25) is 0 Å². The van der Waals surface area contributed by atoms with E-state index in [9.17, 15) is 8.42 Å². The molecule has 0 fully saturated rings. The van der Waals surface area contributed by atoms with Gasteiger partial charge in [0, 0.05) is 18.7 Å². The van der Waals surface area contributed by atoms with Gasteiger partial charge in [-0.05, 0) is 38.0 Å². The fraction of sp³-hybridized carbons (Fsp3) is 0.500. The summed E-state index contributed by atoms with van der Waals surface area (Å²) in [4.78, 5) is 0.113. The molecule has 4 N–H and O–H groups in total. The first-order valence-corrected chi connectivity index (χ1v) is 7.39. The summed E-state index contributed by atoms with van der Waals surface area (Å²) < 4.78 is 22.2. The summed E-state index contributed by atoms with van der Waals surface area (Å²) in [6.07, 6.45) is 0.680. The number of benzene rings is 1. The topological polar surface area (TPSA) is 92.4 Å². The van der Waals surface area contributed by atoms with E-state index in [4.69, 9.17) is 10.2 Å². The van der Waals surface area contributed by atoms with Gasteiger partial charge in [0.05, 0.1) is 4.90 Å². The van der Waals surface area contributed by atoms with Crippen LogP contribution in [-0.4, -0.2) is 26.2 Å². The highest BCUT2D eigenvalue weighted by Gasteiger charge is 2.11. The first-order chi connectivity index (χ1) is 8.34. The molecule has 0 saturated heterocycles. The number of aliphatic hydroxyl groups excluding tert-OH is 1. The van der Waals surface area contributed by atoms with Crippen molar-refractivity contribution >= 4 is 10.0 Å². The monoisotopic (exact) mass is 272 g/mol. The van der Waals surface area contributed by atoms with Crippen LogP contribution in [0.4, 0.5) is 0 Å². The van der Waals surface area contributed by atoms with Crippen molar-refractivity contribution in [3.63, 3.8) is 0 Å². The molecule has 102 valence electrons. The van der Waals surface area contributed by atoms with Gasteiger partial charge in [-0.15, -0.1) is 0 Å². The Balaban J connectivity index is 2.73. The number of nitrogens with one attached hydrogen (secondary N) is 1. The molecule has 1 aromatic rings. The fourth-order valence-corrected chi connectivity index (χ4v) is 2.26. The molecule has 5 nitrogen and oxygen atoms in total. The van der Waals surface area contributed by atoms with Crippen LogP contribution >= 0.6 is 0 Å². The summed E-state index contributed by atoms with van der Waals surface area (Å²) in [7, 11) is -3.63. The summed E-state index contributed by atoms with van der Waals surface area (Å²) in [5.41, 5.74) is 0.979. The van der Waals surface area contributed by atoms with Crippen LogP contribution < -0.4 is 10.5 Å². The lowest BCUT2D eigenvalue weighted by Gasteiger charge is -2.19. The smallest absolute Gasteiger partial charge is 0.238 e. The van der Waals surface area contributed by atoms with Crippen LogP contribution in [0, 0.1) is 0 Å². The van der Waals surface area contributed by atoms with E-state index < -0.39 is 10.0 Å². The van der Waals surface area contributed by atoms with Crippen LogP contribution in [0.2, 0.25) is 0 Å². The second kappa shape index (κ2) is 6.29. The molecular weight excluding hydrogens is 252 g/mol. The average Bonchev–Trinajstić information content (AvgIpc) is 2.28. The normalized spacial score (nSPS) is 15.3. The molecule has 18 heavy (non-hydrogen) atoms. The van der Waals surface area contributed by atoms with E-state index in [2.05, 4.69) is 5.32 Å².